The van der Waals surface area contributed by atoms with Crippen LogP contribution in [-0.2, 0) is 9.45 Å². The number of ether oxygens (including phenoxy) is 1. The van der Waals surface area contributed by atoms with E-state index in [2.05, 4.69) is 0 Å². The fraction of sp³-hybridized carbons (Fsp3) is 0.417. The van der Waals surface area contributed by atoms with E-state index in [1.807, 2.05) is 0 Å². The monoisotopic (exact) mass is 295 g/mol. The number of aliphatic carboxylic acids is 1. The van der Waals surface area contributed by atoms with Gasteiger partial charge in [-0.1, -0.05) is 12.1 Å². The van der Waals surface area contributed by atoms with Gasteiger partial charge >= 0.3 is 13.1 Å². The number of carbonyl (C=O) groups is 1. The van der Waals surface area contributed by atoms with E-state index in [1.54, 1.807) is 25.1 Å². The van der Waals surface area contributed by atoms with Crippen LogP contribution in [0, 0.1) is 10.1 Å². The Hall–Kier alpha value is -2.13. The number of carboxylic acids is 1. The lowest BCUT2D eigenvalue weighted by atomic mass is 9.78. The molecule has 2 rings (SSSR count). The number of benzene rings is 1. The lowest BCUT2D eigenvalue weighted by Crippen LogP contribution is -2.31. The average molecular weight is 295 g/mol. The molecule has 0 amide bonds. The van der Waals surface area contributed by atoms with Crippen molar-refractivity contribution in [3.05, 3.63) is 33.9 Å². The van der Waals surface area contributed by atoms with E-state index in [1.165, 1.54) is 0 Å². The summed E-state index contributed by atoms with van der Waals surface area (Å²) in [6.45, 7) is 1.13. The largest absolute Gasteiger partial charge is 0.496 e. The van der Waals surface area contributed by atoms with E-state index in [0.717, 1.165) is 0 Å². The van der Waals surface area contributed by atoms with Crippen molar-refractivity contribution in [2.24, 2.45) is 0 Å². The van der Waals surface area contributed by atoms with Gasteiger partial charge in [0.2, 0.25) is 6.54 Å². The maximum Gasteiger partial charge on any atom is 0.496 e. The fourth-order valence-electron chi connectivity index (χ4n) is 2.29. The Labute approximate surface area is 120 Å². The first-order chi connectivity index (χ1) is 9.88. The van der Waals surface area contributed by atoms with Gasteiger partial charge in [-0.2, -0.15) is 0 Å². The van der Waals surface area contributed by atoms with E-state index < -0.39 is 36.8 Å². The zero-order valence-electron chi connectivity index (χ0n) is 11.3. The van der Waals surface area contributed by atoms with Crippen LogP contribution in [-0.4, -0.2) is 40.8 Å². The quantitative estimate of drug-likeness (QED) is 0.429. The summed E-state index contributed by atoms with van der Waals surface area (Å²) >= 11 is 0. The molecule has 2 atom stereocenters. The number of nitro groups is 1. The number of carboxylic acid groups (broad SMARTS) is 1. The minimum atomic E-state index is -1.32. The maximum absolute atomic E-state index is 10.6. The van der Waals surface area contributed by atoms with Gasteiger partial charge in [-0.15, -0.1) is 0 Å². The zero-order chi connectivity index (χ0) is 15.6. The van der Waals surface area contributed by atoms with Crippen LogP contribution in [0.3, 0.4) is 0 Å². The van der Waals surface area contributed by atoms with Crippen molar-refractivity contribution >= 4 is 18.6 Å². The normalized spacial score (nSPS) is 18.2. The van der Waals surface area contributed by atoms with Gasteiger partial charge in [-0.25, -0.2) is 0 Å². The Bertz CT molecular complexity index is 565. The van der Waals surface area contributed by atoms with Crippen molar-refractivity contribution < 1.29 is 29.2 Å². The molecule has 0 saturated carbocycles. The molecule has 1 heterocycles. The van der Waals surface area contributed by atoms with Crippen LogP contribution < -0.4 is 10.2 Å². The SMILES string of the molecule is CC(CC(=O)O)Oc1cccc2c1B(O)OC2C[N+](=O)[O-]. The first kappa shape index (κ1) is 15.3. The van der Waals surface area contributed by atoms with Gasteiger partial charge in [0.25, 0.3) is 0 Å². The summed E-state index contributed by atoms with van der Waals surface area (Å²) in [4.78, 5) is 20.7. The molecule has 8 nitrogen and oxygen atoms in total. The third-order valence-corrected chi connectivity index (χ3v) is 3.09. The van der Waals surface area contributed by atoms with E-state index in [4.69, 9.17) is 14.5 Å². The topological polar surface area (TPSA) is 119 Å². The van der Waals surface area contributed by atoms with Gasteiger partial charge in [-0.05, 0) is 18.6 Å². The molecule has 112 valence electrons. The van der Waals surface area contributed by atoms with Crippen molar-refractivity contribution in [2.75, 3.05) is 6.54 Å². The molecule has 21 heavy (non-hydrogen) atoms. The predicted octanol–water partition coefficient (Wildman–Crippen LogP) is -0.0359. The highest BCUT2D eigenvalue weighted by Crippen LogP contribution is 2.28. The second kappa shape index (κ2) is 6.11. The standard InChI is InChI=1S/C12H14BNO7/c1-7(5-11(15)16)20-9-4-2-3-8-10(6-14(18)19)21-13(17)12(8)9/h2-4,7,10,17H,5-6H2,1H3,(H,15,16). The lowest BCUT2D eigenvalue weighted by molar-refractivity contribution is -0.490. The second-order valence-electron chi connectivity index (χ2n) is 4.78. The highest BCUT2D eigenvalue weighted by atomic mass is 16.6. The molecular formula is C12H14BNO7. The van der Waals surface area contributed by atoms with E-state index in [0.29, 0.717) is 11.0 Å². The first-order valence-corrected chi connectivity index (χ1v) is 6.35. The molecule has 1 aromatic rings. The van der Waals surface area contributed by atoms with Crippen LogP contribution >= 0.6 is 0 Å². The molecule has 0 fully saturated rings. The van der Waals surface area contributed by atoms with Gasteiger partial charge in [0, 0.05) is 10.4 Å². The maximum atomic E-state index is 10.6. The van der Waals surface area contributed by atoms with Gasteiger partial charge in [-0.3, -0.25) is 14.9 Å². The molecule has 0 aliphatic carbocycles. The number of nitrogens with zero attached hydrogens (tertiary/aromatic N) is 1. The molecular weight excluding hydrogens is 281 g/mol. The van der Waals surface area contributed by atoms with Crippen molar-refractivity contribution in [2.45, 2.75) is 25.6 Å². The molecule has 0 saturated heterocycles. The number of hydrogen-bond donors (Lipinski definition) is 2. The summed E-state index contributed by atoms with van der Waals surface area (Å²) in [7, 11) is -1.32. The lowest BCUT2D eigenvalue weighted by Gasteiger charge is -2.15. The molecule has 0 radical (unpaired) electrons. The van der Waals surface area contributed by atoms with E-state index in [-0.39, 0.29) is 12.2 Å². The second-order valence-corrected chi connectivity index (χ2v) is 4.78. The Kier molecular flexibility index (Phi) is 4.44. The Morgan fingerprint density at radius 1 is 1.62 bits per heavy atom. The molecule has 1 aliphatic heterocycles. The molecule has 1 aliphatic rings. The summed E-state index contributed by atoms with van der Waals surface area (Å²) in [6, 6.07) is 4.81. The van der Waals surface area contributed by atoms with Crippen molar-refractivity contribution in [3.8, 4) is 5.75 Å². The van der Waals surface area contributed by atoms with Crippen molar-refractivity contribution in [1.29, 1.82) is 0 Å². The summed E-state index contributed by atoms with van der Waals surface area (Å²) in [5.41, 5.74) is 0.806. The molecule has 2 N–H and O–H groups in total. The van der Waals surface area contributed by atoms with Crippen LogP contribution in [0.4, 0.5) is 0 Å². The van der Waals surface area contributed by atoms with Crippen LogP contribution in [0.2, 0.25) is 0 Å². The highest BCUT2D eigenvalue weighted by Gasteiger charge is 2.40. The Morgan fingerprint density at radius 3 is 2.95 bits per heavy atom. The van der Waals surface area contributed by atoms with Gasteiger partial charge in [0.1, 0.15) is 18.0 Å². The van der Waals surface area contributed by atoms with E-state index in [9.17, 15) is 19.9 Å². The van der Waals surface area contributed by atoms with Crippen LogP contribution in [0.5, 0.6) is 5.75 Å². The predicted molar refractivity (Wildman–Crippen MR) is 72.1 cm³/mol. The zero-order valence-corrected chi connectivity index (χ0v) is 11.3. The van der Waals surface area contributed by atoms with Gasteiger partial charge in [0.15, 0.2) is 0 Å². The van der Waals surface area contributed by atoms with Crippen LogP contribution in [0.15, 0.2) is 18.2 Å². The molecule has 2 unspecified atom stereocenters. The van der Waals surface area contributed by atoms with Crippen molar-refractivity contribution in [1.82, 2.24) is 0 Å². The average Bonchev–Trinajstić information content (AvgIpc) is 2.65. The summed E-state index contributed by atoms with van der Waals surface area (Å²) in [6.07, 6.45) is -1.64. The molecule has 0 bridgehead atoms. The minimum absolute atomic E-state index is 0.195. The Balaban J connectivity index is 2.24. The highest BCUT2D eigenvalue weighted by molar-refractivity contribution is 6.62. The smallest absolute Gasteiger partial charge is 0.490 e. The van der Waals surface area contributed by atoms with Crippen molar-refractivity contribution in [3.63, 3.8) is 0 Å². The van der Waals surface area contributed by atoms with Gasteiger partial charge in [0.05, 0.1) is 6.42 Å². The van der Waals surface area contributed by atoms with Crippen LogP contribution in [0.1, 0.15) is 25.0 Å². The van der Waals surface area contributed by atoms with Gasteiger partial charge < -0.3 is 19.5 Å². The number of hydrogen-bond acceptors (Lipinski definition) is 6. The van der Waals surface area contributed by atoms with E-state index >= 15 is 0 Å². The third-order valence-electron chi connectivity index (χ3n) is 3.09. The molecule has 9 heteroatoms. The number of fused-ring (bicyclic) bond motifs is 1. The minimum Gasteiger partial charge on any atom is -0.490 e. The Morgan fingerprint density at radius 2 is 2.33 bits per heavy atom. The fourth-order valence-corrected chi connectivity index (χ4v) is 2.29. The summed E-state index contributed by atoms with van der Waals surface area (Å²) in [5.74, 6) is -0.724. The molecule has 1 aromatic carbocycles. The summed E-state index contributed by atoms with van der Waals surface area (Å²) < 4.78 is 10.7. The molecule has 0 aromatic heterocycles. The number of rotatable bonds is 6. The third kappa shape index (κ3) is 3.50. The first-order valence-electron chi connectivity index (χ1n) is 6.35. The summed E-state index contributed by atoms with van der Waals surface area (Å²) in [5, 5.41) is 29.2. The molecule has 0 spiro atoms. The van der Waals surface area contributed by atoms with Crippen LogP contribution in [0.25, 0.3) is 0 Å².